The number of rotatable bonds is 4. The fourth-order valence-electron chi connectivity index (χ4n) is 5.78. The maximum atomic E-state index is 13.4. The molecule has 2 heterocycles. The molecule has 2 aliphatic rings. The van der Waals surface area contributed by atoms with E-state index in [0.29, 0.717) is 34.9 Å². The van der Waals surface area contributed by atoms with Gasteiger partial charge in [-0.15, -0.1) is 0 Å². The third-order valence-corrected chi connectivity index (χ3v) is 8.14. The van der Waals surface area contributed by atoms with E-state index in [0.717, 1.165) is 42.2 Å². The molecule has 1 saturated heterocycles. The lowest BCUT2D eigenvalue weighted by Gasteiger charge is -2.52. The summed E-state index contributed by atoms with van der Waals surface area (Å²) in [4.78, 5) is 27.4. The van der Waals surface area contributed by atoms with Gasteiger partial charge in [-0.05, 0) is 68.5 Å². The van der Waals surface area contributed by atoms with Gasteiger partial charge in [-0.2, -0.15) is 0 Å². The van der Waals surface area contributed by atoms with Gasteiger partial charge < -0.3 is 19.2 Å². The Morgan fingerprint density at radius 3 is 2.69 bits per heavy atom. The number of ether oxygens (including phenoxy) is 1. The van der Waals surface area contributed by atoms with Crippen LogP contribution in [0.15, 0.2) is 51.7 Å². The van der Waals surface area contributed by atoms with Crippen LogP contribution in [0.1, 0.15) is 54.8 Å². The van der Waals surface area contributed by atoms with Crippen molar-refractivity contribution in [2.45, 2.75) is 57.6 Å². The second-order valence-corrected chi connectivity index (χ2v) is 10.3. The molecule has 2 fully saturated rings. The lowest BCUT2D eigenvalue weighted by molar-refractivity contribution is -0.157. The zero-order valence-electron chi connectivity index (χ0n) is 20.1. The first-order valence-electron chi connectivity index (χ1n) is 12.2. The second kappa shape index (κ2) is 9.32. The molecule has 0 bridgehead atoms. The van der Waals surface area contributed by atoms with Crippen molar-refractivity contribution >= 4 is 28.5 Å². The number of piperidine rings is 1. The molecule has 184 valence electrons. The van der Waals surface area contributed by atoms with E-state index < -0.39 is 5.60 Å². The predicted molar refractivity (Wildman–Crippen MR) is 135 cm³/mol. The first kappa shape index (κ1) is 23.9. The minimum atomic E-state index is -0.758. The number of nitrogens with zero attached hydrogens (tertiary/aromatic N) is 1. The first-order chi connectivity index (χ1) is 16.8. The lowest BCUT2D eigenvalue weighted by Crippen LogP contribution is -2.56. The van der Waals surface area contributed by atoms with Crippen LogP contribution in [0.2, 0.25) is 5.02 Å². The molecule has 1 aliphatic heterocycles. The summed E-state index contributed by atoms with van der Waals surface area (Å²) in [5, 5.41) is 12.9. The molecule has 1 aliphatic carbocycles. The molecule has 35 heavy (non-hydrogen) atoms. The second-order valence-electron chi connectivity index (χ2n) is 9.88. The van der Waals surface area contributed by atoms with Crippen LogP contribution in [0.5, 0.6) is 5.75 Å². The maximum Gasteiger partial charge on any atom is 0.339 e. The van der Waals surface area contributed by atoms with E-state index in [-0.39, 0.29) is 30.1 Å². The van der Waals surface area contributed by atoms with E-state index in [2.05, 4.69) is 0 Å². The molecule has 3 atom stereocenters. The molecule has 2 aromatic carbocycles. The van der Waals surface area contributed by atoms with E-state index in [1.807, 2.05) is 42.2 Å². The number of carbonyl (C=O) groups excluding carboxylic acids is 1. The molecule has 1 saturated carbocycles. The van der Waals surface area contributed by atoms with Gasteiger partial charge in [0.15, 0.2) is 6.61 Å². The number of aliphatic hydroxyl groups is 1. The highest BCUT2D eigenvalue weighted by molar-refractivity contribution is 6.30. The van der Waals surface area contributed by atoms with Crippen LogP contribution in [-0.2, 0) is 4.79 Å². The Balaban J connectivity index is 1.39. The third kappa shape index (κ3) is 4.45. The molecule has 0 radical (unpaired) electrons. The van der Waals surface area contributed by atoms with E-state index in [4.69, 9.17) is 20.8 Å². The van der Waals surface area contributed by atoms with Crippen LogP contribution in [0.25, 0.3) is 11.0 Å². The van der Waals surface area contributed by atoms with Crippen molar-refractivity contribution in [2.75, 3.05) is 13.2 Å². The Morgan fingerprint density at radius 2 is 1.91 bits per heavy atom. The molecule has 1 N–H and O–H groups in total. The van der Waals surface area contributed by atoms with Crippen LogP contribution >= 0.6 is 11.6 Å². The van der Waals surface area contributed by atoms with Crippen LogP contribution < -0.4 is 10.4 Å². The molecule has 5 rings (SSSR count). The smallest absolute Gasteiger partial charge is 0.339 e. The lowest BCUT2D eigenvalue weighted by atomic mass is 9.66. The van der Waals surface area contributed by atoms with Crippen molar-refractivity contribution in [3.63, 3.8) is 0 Å². The maximum absolute atomic E-state index is 13.4. The van der Waals surface area contributed by atoms with Crippen molar-refractivity contribution in [1.82, 2.24) is 4.90 Å². The molecular formula is C28H30ClNO5. The van der Waals surface area contributed by atoms with E-state index in [1.165, 1.54) is 0 Å². The monoisotopic (exact) mass is 495 g/mol. The number of benzene rings is 2. The normalized spacial score (nSPS) is 24.3. The minimum absolute atomic E-state index is 0.0312. The zero-order chi connectivity index (χ0) is 24.7. The Kier molecular flexibility index (Phi) is 6.36. The minimum Gasteiger partial charge on any atom is -0.484 e. The highest BCUT2D eigenvalue weighted by atomic mass is 35.5. The van der Waals surface area contributed by atoms with E-state index in [1.54, 1.807) is 19.1 Å². The fraction of sp³-hybridized carbons (Fsp3) is 0.429. The van der Waals surface area contributed by atoms with E-state index >= 15 is 0 Å². The molecule has 7 heteroatoms. The summed E-state index contributed by atoms with van der Waals surface area (Å²) < 4.78 is 11.3. The van der Waals surface area contributed by atoms with Gasteiger partial charge in [0.2, 0.25) is 0 Å². The van der Waals surface area contributed by atoms with E-state index in [9.17, 15) is 14.7 Å². The molecule has 1 amide bonds. The zero-order valence-corrected chi connectivity index (χ0v) is 20.8. The Labute approximate surface area is 209 Å². The van der Waals surface area contributed by atoms with Crippen LogP contribution in [0.3, 0.4) is 0 Å². The van der Waals surface area contributed by atoms with Crippen molar-refractivity contribution in [2.24, 2.45) is 5.92 Å². The molecule has 6 nitrogen and oxygen atoms in total. The number of carbonyl (C=O) groups is 1. The molecule has 0 unspecified atom stereocenters. The van der Waals surface area contributed by atoms with Gasteiger partial charge in [0.1, 0.15) is 11.3 Å². The van der Waals surface area contributed by atoms with Crippen molar-refractivity contribution < 1.29 is 19.1 Å². The molecule has 1 aromatic heterocycles. The summed E-state index contributed by atoms with van der Waals surface area (Å²) in [6.07, 6.45) is 4.25. The van der Waals surface area contributed by atoms with Crippen LogP contribution in [-0.4, -0.2) is 34.7 Å². The van der Waals surface area contributed by atoms with Gasteiger partial charge in [0.05, 0.1) is 11.6 Å². The van der Waals surface area contributed by atoms with Gasteiger partial charge >= 0.3 is 5.63 Å². The Hall–Kier alpha value is -2.83. The van der Waals surface area contributed by atoms with Gasteiger partial charge in [0.25, 0.3) is 5.91 Å². The van der Waals surface area contributed by atoms with Crippen molar-refractivity contribution in [1.29, 1.82) is 0 Å². The van der Waals surface area contributed by atoms with Crippen molar-refractivity contribution in [3.8, 4) is 5.75 Å². The van der Waals surface area contributed by atoms with Gasteiger partial charge in [-0.25, -0.2) is 4.79 Å². The standard InChI is InChI=1S/C28H30ClNO5/c1-17-18(2)27(32)35-24-15-21(10-11-22(17)24)34-16-25(31)30-14-13-28(33)12-4-3-5-23(28)26(30)19-6-8-20(29)9-7-19/h6-11,15,23,26,33H,3-5,12-14,16H2,1-2H3/t23-,26+,28+/m0/s1. The average Bonchev–Trinajstić information content (AvgIpc) is 2.85. The quantitative estimate of drug-likeness (QED) is 0.494. The third-order valence-electron chi connectivity index (χ3n) is 7.89. The Bertz CT molecular complexity index is 1320. The highest BCUT2D eigenvalue weighted by Gasteiger charge is 2.50. The topological polar surface area (TPSA) is 80.0 Å². The van der Waals surface area contributed by atoms with Crippen LogP contribution in [0, 0.1) is 19.8 Å². The molecule has 3 aromatic rings. The fourth-order valence-corrected chi connectivity index (χ4v) is 5.91. The van der Waals surface area contributed by atoms with Gasteiger partial charge in [-0.3, -0.25) is 4.79 Å². The SMILES string of the molecule is Cc1c(C)c2ccc(OCC(=O)N3CC[C@]4(O)CCCC[C@H]4[C@H]3c3ccc(Cl)cc3)cc2oc1=O. The summed E-state index contributed by atoms with van der Waals surface area (Å²) in [6.45, 7) is 3.95. The summed E-state index contributed by atoms with van der Waals surface area (Å²) in [7, 11) is 0. The Morgan fingerprint density at radius 1 is 1.14 bits per heavy atom. The number of likely N-dealkylation sites (tertiary alicyclic amines) is 1. The van der Waals surface area contributed by atoms with Crippen molar-refractivity contribution in [3.05, 3.63) is 74.6 Å². The number of fused-ring (bicyclic) bond motifs is 2. The summed E-state index contributed by atoms with van der Waals surface area (Å²) in [6, 6.07) is 12.6. The largest absolute Gasteiger partial charge is 0.484 e. The number of hydrogen-bond acceptors (Lipinski definition) is 5. The number of halogens is 1. The van der Waals surface area contributed by atoms with Crippen LogP contribution in [0.4, 0.5) is 0 Å². The summed E-state index contributed by atoms with van der Waals surface area (Å²) in [5.74, 6) is 0.293. The number of aryl methyl sites for hydroxylation is 1. The van der Waals surface area contributed by atoms with Gasteiger partial charge in [0, 0.05) is 34.5 Å². The molecule has 0 spiro atoms. The predicted octanol–water partition coefficient (Wildman–Crippen LogP) is 5.34. The number of amides is 1. The summed E-state index contributed by atoms with van der Waals surface area (Å²) in [5.41, 5.74) is 1.74. The average molecular weight is 496 g/mol. The molecular weight excluding hydrogens is 466 g/mol. The highest BCUT2D eigenvalue weighted by Crippen LogP contribution is 2.49. The number of hydrogen-bond donors (Lipinski definition) is 1. The summed E-state index contributed by atoms with van der Waals surface area (Å²) >= 11 is 6.12. The first-order valence-corrected chi connectivity index (χ1v) is 12.6. The van der Waals surface area contributed by atoms with Gasteiger partial charge in [-0.1, -0.05) is 36.6 Å².